The molecule has 0 bridgehead atoms. The second kappa shape index (κ2) is 7.62. The Labute approximate surface area is 119 Å². The van der Waals surface area contributed by atoms with Crippen molar-refractivity contribution >= 4 is 0 Å². The van der Waals surface area contributed by atoms with Gasteiger partial charge < -0.3 is 15.2 Å². The van der Waals surface area contributed by atoms with Gasteiger partial charge in [-0.1, -0.05) is 12.1 Å². The van der Waals surface area contributed by atoms with Gasteiger partial charge >= 0.3 is 0 Å². The van der Waals surface area contributed by atoms with Gasteiger partial charge in [0.1, 0.15) is 5.75 Å². The highest BCUT2D eigenvalue weighted by molar-refractivity contribution is 5.27. The van der Waals surface area contributed by atoms with Crippen LogP contribution in [0.15, 0.2) is 48.8 Å². The second-order valence-electron chi connectivity index (χ2n) is 4.50. The van der Waals surface area contributed by atoms with E-state index in [4.69, 9.17) is 4.74 Å². The fourth-order valence-corrected chi connectivity index (χ4v) is 1.93. The lowest BCUT2D eigenvalue weighted by molar-refractivity contribution is 0.174. The Morgan fingerprint density at radius 3 is 2.50 bits per heavy atom. The van der Waals surface area contributed by atoms with E-state index in [-0.39, 0.29) is 0 Å². The Hall–Kier alpha value is -1.91. The maximum Gasteiger partial charge on any atom is 0.119 e. The topological polar surface area (TPSA) is 54.4 Å². The molecule has 0 amide bonds. The van der Waals surface area contributed by atoms with Crippen LogP contribution in [0.5, 0.6) is 5.75 Å². The fraction of sp³-hybridized carbons (Fsp3) is 0.312. The van der Waals surface area contributed by atoms with Crippen molar-refractivity contribution in [3.63, 3.8) is 0 Å². The highest BCUT2D eigenvalue weighted by atomic mass is 16.5. The number of benzene rings is 1. The summed E-state index contributed by atoms with van der Waals surface area (Å²) in [7, 11) is 0. The SMILES string of the molecule is CCOc1ccc(CNCC(O)c2ccncc2)cc1. The summed E-state index contributed by atoms with van der Waals surface area (Å²) in [5, 5.41) is 13.2. The van der Waals surface area contributed by atoms with E-state index in [1.165, 1.54) is 0 Å². The lowest BCUT2D eigenvalue weighted by Gasteiger charge is -2.12. The predicted molar refractivity (Wildman–Crippen MR) is 78.5 cm³/mol. The van der Waals surface area contributed by atoms with E-state index in [9.17, 15) is 5.11 Å². The summed E-state index contributed by atoms with van der Waals surface area (Å²) < 4.78 is 5.40. The number of aliphatic hydroxyl groups excluding tert-OH is 1. The minimum atomic E-state index is -0.513. The molecule has 1 unspecified atom stereocenters. The van der Waals surface area contributed by atoms with E-state index >= 15 is 0 Å². The molecule has 1 aromatic carbocycles. The number of hydrogen-bond donors (Lipinski definition) is 2. The number of nitrogens with zero attached hydrogens (tertiary/aromatic N) is 1. The smallest absolute Gasteiger partial charge is 0.119 e. The highest BCUT2D eigenvalue weighted by Crippen LogP contribution is 2.13. The van der Waals surface area contributed by atoms with Gasteiger partial charge in [0.25, 0.3) is 0 Å². The minimum absolute atomic E-state index is 0.511. The maximum absolute atomic E-state index is 10.0. The fourth-order valence-electron chi connectivity index (χ4n) is 1.93. The minimum Gasteiger partial charge on any atom is -0.494 e. The number of nitrogens with one attached hydrogen (secondary N) is 1. The molecule has 0 aliphatic rings. The number of aliphatic hydroxyl groups is 1. The van der Waals surface area contributed by atoms with Crippen molar-refractivity contribution in [1.82, 2.24) is 10.3 Å². The molecule has 2 N–H and O–H groups in total. The Morgan fingerprint density at radius 1 is 1.15 bits per heavy atom. The van der Waals surface area contributed by atoms with Gasteiger partial charge in [-0.05, 0) is 42.3 Å². The zero-order valence-corrected chi connectivity index (χ0v) is 11.6. The Balaban J connectivity index is 1.78. The van der Waals surface area contributed by atoms with E-state index < -0.39 is 6.10 Å². The normalized spacial score (nSPS) is 12.1. The average molecular weight is 272 g/mol. The third-order valence-corrected chi connectivity index (χ3v) is 2.99. The van der Waals surface area contributed by atoms with Crippen molar-refractivity contribution in [3.05, 3.63) is 59.9 Å². The molecule has 0 aliphatic carbocycles. The summed E-state index contributed by atoms with van der Waals surface area (Å²) in [6.45, 7) is 3.87. The second-order valence-corrected chi connectivity index (χ2v) is 4.50. The van der Waals surface area contributed by atoms with Crippen LogP contribution >= 0.6 is 0 Å². The van der Waals surface area contributed by atoms with Crippen molar-refractivity contribution < 1.29 is 9.84 Å². The predicted octanol–water partition coefficient (Wildman–Crippen LogP) is 2.30. The molecular formula is C16H20N2O2. The van der Waals surface area contributed by atoms with Crippen LogP contribution in [0.3, 0.4) is 0 Å². The first kappa shape index (κ1) is 14.5. The molecule has 2 aromatic rings. The third kappa shape index (κ3) is 4.33. The molecular weight excluding hydrogens is 252 g/mol. The molecule has 1 heterocycles. The van der Waals surface area contributed by atoms with Gasteiger partial charge in [-0.25, -0.2) is 0 Å². The molecule has 0 radical (unpaired) electrons. The first-order chi connectivity index (χ1) is 9.79. The third-order valence-electron chi connectivity index (χ3n) is 2.99. The molecule has 4 nitrogen and oxygen atoms in total. The van der Waals surface area contributed by atoms with Crippen LogP contribution < -0.4 is 10.1 Å². The largest absolute Gasteiger partial charge is 0.494 e. The lowest BCUT2D eigenvalue weighted by Crippen LogP contribution is -2.21. The number of aromatic nitrogens is 1. The molecule has 4 heteroatoms. The molecule has 1 aromatic heterocycles. The van der Waals surface area contributed by atoms with Crippen molar-refractivity contribution in [1.29, 1.82) is 0 Å². The van der Waals surface area contributed by atoms with Gasteiger partial charge in [-0.15, -0.1) is 0 Å². The van der Waals surface area contributed by atoms with Crippen molar-refractivity contribution in [2.75, 3.05) is 13.2 Å². The number of ether oxygens (including phenoxy) is 1. The summed E-state index contributed by atoms with van der Waals surface area (Å²) >= 11 is 0. The Morgan fingerprint density at radius 2 is 1.85 bits per heavy atom. The van der Waals surface area contributed by atoms with Crippen LogP contribution in [-0.4, -0.2) is 23.2 Å². The van der Waals surface area contributed by atoms with Crippen LogP contribution in [0.1, 0.15) is 24.2 Å². The first-order valence-electron chi connectivity index (χ1n) is 6.80. The molecule has 106 valence electrons. The van der Waals surface area contributed by atoms with Crippen LogP contribution in [0.25, 0.3) is 0 Å². The summed E-state index contributed by atoms with van der Waals surface area (Å²) in [5.41, 5.74) is 2.04. The molecule has 0 aliphatic heterocycles. The van der Waals surface area contributed by atoms with Crippen molar-refractivity contribution in [3.8, 4) is 5.75 Å². The highest BCUT2D eigenvalue weighted by Gasteiger charge is 2.06. The van der Waals surface area contributed by atoms with Crippen LogP contribution in [-0.2, 0) is 6.54 Å². The quantitative estimate of drug-likeness (QED) is 0.812. The van der Waals surface area contributed by atoms with E-state index in [2.05, 4.69) is 10.3 Å². The van der Waals surface area contributed by atoms with E-state index in [1.807, 2.05) is 43.3 Å². The maximum atomic E-state index is 10.0. The average Bonchev–Trinajstić information content (AvgIpc) is 2.50. The number of hydrogen-bond acceptors (Lipinski definition) is 4. The zero-order chi connectivity index (χ0) is 14.2. The van der Waals surface area contributed by atoms with E-state index in [0.717, 1.165) is 16.9 Å². The molecule has 1 atom stereocenters. The summed E-state index contributed by atoms with van der Waals surface area (Å²) in [6, 6.07) is 11.6. The van der Waals surface area contributed by atoms with Gasteiger partial charge in [-0.3, -0.25) is 4.98 Å². The summed E-state index contributed by atoms with van der Waals surface area (Å²) in [4.78, 5) is 3.94. The van der Waals surface area contributed by atoms with Gasteiger partial charge in [-0.2, -0.15) is 0 Å². The molecule has 20 heavy (non-hydrogen) atoms. The zero-order valence-electron chi connectivity index (χ0n) is 11.6. The first-order valence-corrected chi connectivity index (χ1v) is 6.80. The van der Waals surface area contributed by atoms with Crippen molar-refractivity contribution in [2.45, 2.75) is 19.6 Å². The van der Waals surface area contributed by atoms with E-state index in [0.29, 0.717) is 19.7 Å². The molecule has 0 saturated heterocycles. The van der Waals surface area contributed by atoms with Crippen LogP contribution in [0, 0.1) is 0 Å². The summed E-state index contributed by atoms with van der Waals surface area (Å²) in [5.74, 6) is 0.882. The standard InChI is InChI=1S/C16H20N2O2/c1-2-20-15-5-3-13(4-6-15)11-18-12-16(19)14-7-9-17-10-8-14/h3-10,16,18-19H,2,11-12H2,1H3. The Bertz CT molecular complexity index is 500. The molecule has 2 rings (SSSR count). The Kier molecular flexibility index (Phi) is 5.53. The van der Waals surface area contributed by atoms with Gasteiger partial charge in [0.2, 0.25) is 0 Å². The van der Waals surface area contributed by atoms with Crippen LogP contribution in [0.4, 0.5) is 0 Å². The summed E-state index contributed by atoms with van der Waals surface area (Å²) in [6.07, 6.45) is 2.86. The molecule has 0 fully saturated rings. The van der Waals surface area contributed by atoms with Gasteiger partial charge in [0, 0.05) is 25.5 Å². The monoisotopic (exact) mass is 272 g/mol. The number of pyridine rings is 1. The van der Waals surface area contributed by atoms with Gasteiger partial charge in [0.15, 0.2) is 0 Å². The molecule has 0 spiro atoms. The number of rotatable bonds is 7. The molecule has 0 saturated carbocycles. The van der Waals surface area contributed by atoms with Gasteiger partial charge in [0.05, 0.1) is 12.7 Å². The lowest BCUT2D eigenvalue weighted by atomic mass is 10.1. The van der Waals surface area contributed by atoms with Crippen LogP contribution in [0.2, 0.25) is 0 Å². The van der Waals surface area contributed by atoms with E-state index in [1.54, 1.807) is 12.4 Å². The van der Waals surface area contributed by atoms with Crippen molar-refractivity contribution in [2.24, 2.45) is 0 Å².